The van der Waals surface area contributed by atoms with Gasteiger partial charge in [0.15, 0.2) is 6.23 Å². The molecule has 0 aromatic heterocycles. The SMILES string of the molecule is C=C(C)C(=O)OC[Si](O)(O)O[Si](O)(O)O[Si](O)(O)O[Si](O)(O)C[NH+](CC)CCCCCCCCCCCCCCCCCC. The van der Waals surface area contributed by atoms with Crippen LogP contribution in [-0.2, 0) is 21.9 Å². The van der Waals surface area contributed by atoms with Crippen LogP contribution in [0.1, 0.15) is 124 Å². The largest absolute Gasteiger partial charge is 0.661 e. The minimum atomic E-state index is -5.70. The molecule has 18 heteroatoms. The summed E-state index contributed by atoms with van der Waals surface area (Å²) in [6.45, 7) is 9.74. The smallest absolute Gasteiger partial charge is 0.458 e. The number of quaternary nitrogens is 1. The fourth-order valence-corrected chi connectivity index (χ4v) is 12.4. The third-order valence-corrected chi connectivity index (χ3v) is 15.3. The second kappa shape index (κ2) is 23.0. The first-order valence-electron chi connectivity index (χ1n) is 16.0. The Morgan fingerprint density at radius 3 is 1.39 bits per heavy atom. The average molecular weight is 707 g/mol. The fourth-order valence-electron chi connectivity index (χ4n) is 4.63. The van der Waals surface area contributed by atoms with Crippen LogP contribution in [0.25, 0.3) is 0 Å². The van der Waals surface area contributed by atoms with Crippen LogP contribution in [0.2, 0.25) is 0 Å². The zero-order chi connectivity index (χ0) is 33.7. The molecule has 0 radical (unpaired) electrons. The van der Waals surface area contributed by atoms with Crippen LogP contribution in [0.15, 0.2) is 12.2 Å². The van der Waals surface area contributed by atoms with Crippen molar-refractivity contribution in [1.29, 1.82) is 0 Å². The topological polar surface area (TPSA) is 220 Å². The highest BCUT2D eigenvalue weighted by Crippen LogP contribution is 2.16. The molecule has 14 nitrogen and oxygen atoms in total. The lowest BCUT2D eigenvalue weighted by molar-refractivity contribution is -0.890. The summed E-state index contributed by atoms with van der Waals surface area (Å²) in [6.07, 6.45) is 18.3. The van der Waals surface area contributed by atoms with Crippen molar-refractivity contribution in [1.82, 2.24) is 0 Å². The molecule has 0 saturated heterocycles. The summed E-state index contributed by atoms with van der Waals surface area (Å²) in [5, 5.41) is 0. The standard InChI is InChI=1S/C26H59NO13Si4/c1-5-7-8-9-10-11-12-13-14-15-16-17-18-19-20-21-22-27(6-2)23-41(29,30)38-43(33,34)40-44(35,36)39-42(31,32)24-37-26(28)25(3)4/h29-36H,3,5-24H2,1-2,4H3/p+1. The van der Waals surface area contributed by atoms with E-state index in [1.165, 1.54) is 84.0 Å². The van der Waals surface area contributed by atoms with Gasteiger partial charge in [0.1, 0.15) is 6.17 Å². The second-order valence-electron chi connectivity index (χ2n) is 11.6. The Hall–Kier alpha value is -0.402. The van der Waals surface area contributed by atoms with Gasteiger partial charge in [0.25, 0.3) is 0 Å². The van der Waals surface area contributed by atoms with Gasteiger partial charge < -0.3 is 60.3 Å². The Morgan fingerprint density at radius 1 is 0.614 bits per heavy atom. The molecule has 0 heterocycles. The van der Waals surface area contributed by atoms with E-state index in [-0.39, 0.29) is 11.7 Å². The molecule has 0 rings (SSSR count). The van der Waals surface area contributed by atoms with Crippen LogP contribution >= 0.6 is 0 Å². The summed E-state index contributed by atoms with van der Waals surface area (Å²) < 4.78 is 17.7. The minimum absolute atomic E-state index is 0.0710. The molecule has 1 unspecified atom stereocenters. The van der Waals surface area contributed by atoms with E-state index in [2.05, 4.69) is 30.6 Å². The number of carbonyl (C=O) groups is 1. The molecule has 0 aromatic carbocycles. The normalized spacial score (nSPS) is 13.7. The molecule has 0 aliphatic heterocycles. The van der Waals surface area contributed by atoms with Gasteiger partial charge in [-0.2, -0.15) is 0 Å². The number of rotatable bonds is 29. The maximum Gasteiger partial charge on any atom is 0.661 e. The molecule has 9 N–H and O–H groups in total. The van der Waals surface area contributed by atoms with Crippen LogP contribution in [0, 0.1) is 0 Å². The lowest BCUT2D eigenvalue weighted by atomic mass is 10.0. The van der Waals surface area contributed by atoms with Crippen molar-refractivity contribution < 1.29 is 65.1 Å². The molecule has 0 aromatic rings. The third-order valence-electron chi connectivity index (χ3n) is 6.96. The van der Waals surface area contributed by atoms with Crippen molar-refractivity contribution >= 4 is 41.7 Å². The molecule has 0 saturated carbocycles. The van der Waals surface area contributed by atoms with Gasteiger partial charge >= 0.3 is 41.7 Å². The maximum atomic E-state index is 11.4. The van der Waals surface area contributed by atoms with E-state index < -0.39 is 47.9 Å². The zero-order valence-corrected chi connectivity index (χ0v) is 31.0. The highest BCUT2D eigenvalue weighted by molar-refractivity contribution is 6.76. The molecule has 0 aliphatic carbocycles. The molecule has 0 bridgehead atoms. The summed E-state index contributed by atoms with van der Waals surface area (Å²) in [4.78, 5) is 92.3. The summed E-state index contributed by atoms with van der Waals surface area (Å²) in [7, 11) is -21.2. The number of hydrogen-bond donors (Lipinski definition) is 9. The molecule has 0 fully saturated rings. The second-order valence-corrected chi connectivity index (χ2v) is 19.8. The van der Waals surface area contributed by atoms with E-state index in [0.29, 0.717) is 13.1 Å². The Kier molecular flexibility index (Phi) is 22.8. The number of hydrogen-bond acceptors (Lipinski definition) is 13. The van der Waals surface area contributed by atoms with Gasteiger partial charge in [-0.05, 0) is 26.7 Å². The molecule has 0 amide bonds. The molecule has 44 heavy (non-hydrogen) atoms. The van der Waals surface area contributed by atoms with Gasteiger partial charge in [-0.3, -0.25) is 0 Å². The molecule has 1 atom stereocenters. The molecule has 0 spiro atoms. The summed E-state index contributed by atoms with van der Waals surface area (Å²) in [5.41, 5.74) is -0.0710. The lowest BCUT2D eigenvalue weighted by Crippen LogP contribution is -3.14. The molecule has 0 aliphatic rings. The predicted molar refractivity (Wildman–Crippen MR) is 171 cm³/mol. The Bertz CT molecular complexity index is 791. The number of esters is 1. The van der Waals surface area contributed by atoms with Crippen LogP contribution in [0.3, 0.4) is 0 Å². The Balaban J connectivity index is 4.28. The van der Waals surface area contributed by atoms with E-state index in [1.807, 2.05) is 6.92 Å². The van der Waals surface area contributed by atoms with Crippen molar-refractivity contribution in [3.63, 3.8) is 0 Å². The van der Waals surface area contributed by atoms with Crippen molar-refractivity contribution in [3.8, 4) is 0 Å². The predicted octanol–water partition coefficient (Wildman–Crippen LogP) is 0.0876. The van der Waals surface area contributed by atoms with E-state index in [1.54, 1.807) is 0 Å². The Morgan fingerprint density at radius 2 is 1.00 bits per heavy atom. The molecular formula is C26H60NO13Si4+. The molecule has 262 valence electrons. The summed E-state index contributed by atoms with van der Waals surface area (Å²) in [5.74, 6) is -1.01. The van der Waals surface area contributed by atoms with Crippen LogP contribution in [-0.4, -0.2) is 106 Å². The van der Waals surface area contributed by atoms with Crippen molar-refractivity contribution in [3.05, 3.63) is 12.2 Å². The van der Waals surface area contributed by atoms with Crippen LogP contribution in [0.4, 0.5) is 0 Å². The van der Waals surface area contributed by atoms with Crippen molar-refractivity contribution in [2.75, 3.05) is 25.5 Å². The first-order chi connectivity index (χ1) is 20.4. The monoisotopic (exact) mass is 706 g/mol. The van der Waals surface area contributed by atoms with Gasteiger partial charge in [0, 0.05) is 5.57 Å². The van der Waals surface area contributed by atoms with Gasteiger partial charge in [-0.25, -0.2) is 4.79 Å². The third kappa shape index (κ3) is 24.8. The summed E-state index contributed by atoms with van der Waals surface area (Å²) in [6, 6.07) is 0. The highest BCUT2D eigenvalue weighted by atomic mass is 28.5. The van der Waals surface area contributed by atoms with Crippen LogP contribution < -0.4 is 4.90 Å². The lowest BCUT2D eigenvalue weighted by Gasteiger charge is -2.31. The van der Waals surface area contributed by atoms with Crippen molar-refractivity contribution in [2.24, 2.45) is 0 Å². The van der Waals surface area contributed by atoms with E-state index in [0.717, 1.165) is 30.6 Å². The maximum absolute atomic E-state index is 11.4. The average Bonchev–Trinajstić information content (AvgIpc) is 2.88. The van der Waals surface area contributed by atoms with Gasteiger partial charge in [-0.1, -0.05) is 103 Å². The van der Waals surface area contributed by atoms with E-state index >= 15 is 0 Å². The first-order valence-corrected chi connectivity index (χ1v) is 23.4. The number of nitrogens with one attached hydrogen (secondary N) is 1. The van der Waals surface area contributed by atoms with E-state index in [9.17, 15) is 43.2 Å². The van der Waals surface area contributed by atoms with Gasteiger partial charge in [0.05, 0.1) is 13.1 Å². The minimum Gasteiger partial charge on any atom is -0.458 e. The highest BCUT2D eigenvalue weighted by Gasteiger charge is 2.60. The van der Waals surface area contributed by atoms with Crippen molar-refractivity contribution in [2.45, 2.75) is 124 Å². The molecular weight excluding hydrogens is 647 g/mol. The van der Waals surface area contributed by atoms with Gasteiger partial charge in [-0.15, -0.1) is 0 Å². The summed E-state index contributed by atoms with van der Waals surface area (Å²) >= 11 is 0. The number of unbranched alkanes of at least 4 members (excludes halogenated alkanes) is 15. The first kappa shape index (κ1) is 43.6. The Labute approximate surface area is 267 Å². The van der Waals surface area contributed by atoms with Gasteiger partial charge in [0.2, 0.25) is 0 Å². The quantitative estimate of drug-likeness (QED) is 0.0218. The number of ether oxygens (including phenoxy) is 1. The van der Waals surface area contributed by atoms with Crippen LogP contribution in [0.5, 0.6) is 0 Å². The van der Waals surface area contributed by atoms with E-state index in [4.69, 9.17) is 0 Å². The zero-order valence-electron chi connectivity index (χ0n) is 27.0. The fraction of sp³-hybridized carbons (Fsp3) is 0.885. The number of carbonyl (C=O) groups excluding carboxylic acids is 1.